The number of nitrogens with zero attached hydrogens (tertiary/aromatic N) is 1. The maximum absolute atomic E-state index is 10.4. The molecule has 0 saturated heterocycles. The van der Waals surface area contributed by atoms with E-state index in [-0.39, 0.29) is 6.61 Å². The molecule has 0 aromatic heterocycles. The van der Waals surface area contributed by atoms with Gasteiger partial charge in [-0.3, -0.25) is 0 Å². The van der Waals surface area contributed by atoms with Crippen molar-refractivity contribution in [1.29, 1.82) is 0 Å². The van der Waals surface area contributed by atoms with Gasteiger partial charge in [-0.15, -0.1) is 0 Å². The maximum atomic E-state index is 10.4. The van der Waals surface area contributed by atoms with Crippen LogP contribution in [0.1, 0.15) is 13.8 Å². The van der Waals surface area contributed by atoms with Gasteiger partial charge in [0.15, 0.2) is 0 Å². The number of nitroso groups, excluding NO2 is 1. The quantitative estimate of drug-likeness (QED) is 0.776. The minimum Gasteiger partial charge on any atom is -0.490 e. The first-order chi connectivity index (χ1) is 6.55. The van der Waals surface area contributed by atoms with Gasteiger partial charge in [0, 0.05) is 0 Å². The van der Waals surface area contributed by atoms with Crippen molar-refractivity contribution in [3.05, 3.63) is 33.6 Å². The molecule has 0 N–H and O–H groups in total. The van der Waals surface area contributed by atoms with E-state index in [1.807, 2.05) is 24.3 Å². The lowest BCUT2D eigenvalue weighted by atomic mass is 10.1. The van der Waals surface area contributed by atoms with Crippen molar-refractivity contribution < 1.29 is 4.74 Å². The van der Waals surface area contributed by atoms with Crippen LogP contribution in [0.2, 0.25) is 0 Å². The summed E-state index contributed by atoms with van der Waals surface area (Å²) in [7, 11) is 0. The standard InChI is InChI=1S/C10H12BrNO2/c1-10(2,12-13)7-14-9-6-4-3-5-8(9)11/h3-6H,7H2,1-2H3. The van der Waals surface area contributed by atoms with Crippen LogP contribution in [0.4, 0.5) is 0 Å². The summed E-state index contributed by atoms with van der Waals surface area (Å²) in [6, 6.07) is 7.50. The molecule has 1 rings (SSSR count). The third kappa shape index (κ3) is 3.10. The van der Waals surface area contributed by atoms with Crippen molar-refractivity contribution in [3.63, 3.8) is 0 Å². The molecule has 1 aromatic carbocycles. The van der Waals surface area contributed by atoms with Gasteiger partial charge in [0.25, 0.3) is 0 Å². The van der Waals surface area contributed by atoms with E-state index in [9.17, 15) is 4.91 Å². The smallest absolute Gasteiger partial charge is 0.133 e. The maximum Gasteiger partial charge on any atom is 0.133 e. The van der Waals surface area contributed by atoms with Gasteiger partial charge in [-0.2, -0.15) is 4.91 Å². The van der Waals surface area contributed by atoms with E-state index in [2.05, 4.69) is 21.1 Å². The van der Waals surface area contributed by atoms with E-state index in [1.54, 1.807) is 13.8 Å². The van der Waals surface area contributed by atoms with Crippen LogP contribution in [0, 0.1) is 4.91 Å². The number of rotatable bonds is 4. The molecule has 0 spiro atoms. The summed E-state index contributed by atoms with van der Waals surface area (Å²) in [6.07, 6.45) is 0. The molecule has 0 radical (unpaired) electrons. The zero-order chi connectivity index (χ0) is 10.6. The molecule has 0 fully saturated rings. The third-order valence-corrected chi connectivity index (χ3v) is 2.32. The van der Waals surface area contributed by atoms with E-state index in [4.69, 9.17) is 4.74 Å². The van der Waals surface area contributed by atoms with Crippen LogP contribution < -0.4 is 4.74 Å². The Morgan fingerprint density at radius 2 is 2.07 bits per heavy atom. The molecule has 0 aliphatic heterocycles. The fourth-order valence-electron chi connectivity index (χ4n) is 0.843. The van der Waals surface area contributed by atoms with E-state index in [1.165, 1.54) is 0 Å². The van der Waals surface area contributed by atoms with Crippen LogP contribution in [0.15, 0.2) is 33.9 Å². The Bertz CT molecular complexity index is 326. The molecule has 0 aliphatic carbocycles. The summed E-state index contributed by atoms with van der Waals surface area (Å²) in [5, 5.41) is 2.97. The van der Waals surface area contributed by atoms with Crippen molar-refractivity contribution in [3.8, 4) is 5.75 Å². The minimum absolute atomic E-state index is 0.277. The summed E-state index contributed by atoms with van der Waals surface area (Å²) in [4.78, 5) is 10.4. The second-order valence-corrected chi connectivity index (χ2v) is 4.48. The summed E-state index contributed by atoms with van der Waals surface area (Å²) in [6.45, 7) is 3.74. The summed E-state index contributed by atoms with van der Waals surface area (Å²) >= 11 is 3.35. The van der Waals surface area contributed by atoms with Gasteiger partial charge in [-0.25, -0.2) is 0 Å². The lowest BCUT2D eigenvalue weighted by Crippen LogP contribution is -2.25. The first kappa shape index (κ1) is 11.2. The number of para-hydroxylation sites is 1. The molecule has 14 heavy (non-hydrogen) atoms. The number of hydrogen-bond donors (Lipinski definition) is 0. The molecule has 0 aliphatic rings. The van der Waals surface area contributed by atoms with Crippen LogP contribution in [-0.4, -0.2) is 12.1 Å². The Hall–Kier alpha value is -0.900. The average molecular weight is 258 g/mol. The predicted octanol–water partition coefficient (Wildman–Crippen LogP) is 3.37. The molecule has 0 amide bonds. The second kappa shape index (κ2) is 4.55. The molecule has 3 nitrogen and oxygen atoms in total. The molecule has 0 atom stereocenters. The van der Waals surface area contributed by atoms with Crippen LogP contribution in [0.3, 0.4) is 0 Å². The molecule has 0 bridgehead atoms. The van der Waals surface area contributed by atoms with Gasteiger partial charge in [0.2, 0.25) is 0 Å². The fraction of sp³-hybridized carbons (Fsp3) is 0.400. The number of benzene rings is 1. The van der Waals surface area contributed by atoms with Gasteiger partial charge < -0.3 is 4.74 Å². The molecular formula is C10H12BrNO2. The van der Waals surface area contributed by atoms with Crippen molar-refractivity contribution in [2.24, 2.45) is 5.18 Å². The van der Waals surface area contributed by atoms with Crippen LogP contribution in [0.25, 0.3) is 0 Å². The normalized spacial score (nSPS) is 11.1. The highest BCUT2D eigenvalue weighted by atomic mass is 79.9. The van der Waals surface area contributed by atoms with Crippen LogP contribution >= 0.6 is 15.9 Å². The highest BCUT2D eigenvalue weighted by molar-refractivity contribution is 9.10. The van der Waals surface area contributed by atoms with E-state index >= 15 is 0 Å². The monoisotopic (exact) mass is 257 g/mol. The number of hydrogen-bond acceptors (Lipinski definition) is 3. The zero-order valence-electron chi connectivity index (χ0n) is 8.16. The molecule has 0 heterocycles. The third-order valence-electron chi connectivity index (χ3n) is 1.66. The lowest BCUT2D eigenvalue weighted by Gasteiger charge is -2.16. The van der Waals surface area contributed by atoms with Crippen molar-refractivity contribution in [1.82, 2.24) is 0 Å². The lowest BCUT2D eigenvalue weighted by molar-refractivity contribution is 0.242. The Kier molecular flexibility index (Phi) is 3.63. The van der Waals surface area contributed by atoms with Gasteiger partial charge >= 0.3 is 0 Å². The molecule has 0 saturated carbocycles. The highest BCUT2D eigenvalue weighted by Crippen LogP contribution is 2.25. The van der Waals surface area contributed by atoms with Crippen molar-refractivity contribution in [2.45, 2.75) is 19.4 Å². The topological polar surface area (TPSA) is 38.7 Å². The average Bonchev–Trinajstić information content (AvgIpc) is 2.17. The van der Waals surface area contributed by atoms with Gasteiger partial charge in [-0.05, 0) is 41.9 Å². The Balaban J connectivity index is 2.62. The summed E-state index contributed by atoms with van der Waals surface area (Å²) < 4.78 is 6.33. The first-order valence-electron chi connectivity index (χ1n) is 4.27. The molecule has 76 valence electrons. The van der Waals surface area contributed by atoms with Gasteiger partial charge in [-0.1, -0.05) is 17.3 Å². The van der Waals surface area contributed by atoms with E-state index in [0.717, 1.165) is 10.2 Å². The van der Waals surface area contributed by atoms with Gasteiger partial charge in [0.1, 0.15) is 17.9 Å². The first-order valence-corrected chi connectivity index (χ1v) is 5.06. The summed E-state index contributed by atoms with van der Waals surface area (Å²) in [5.74, 6) is 0.726. The van der Waals surface area contributed by atoms with Crippen LogP contribution in [0.5, 0.6) is 5.75 Å². The van der Waals surface area contributed by atoms with Crippen molar-refractivity contribution in [2.75, 3.05) is 6.61 Å². The zero-order valence-corrected chi connectivity index (χ0v) is 9.74. The Labute approximate surface area is 91.6 Å². The number of halogens is 1. The van der Waals surface area contributed by atoms with E-state index in [0.29, 0.717) is 0 Å². The number of ether oxygens (including phenoxy) is 1. The molecule has 4 heteroatoms. The largest absolute Gasteiger partial charge is 0.490 e. The highest BCUT2D eigenvalue weighted by Gasteiger charge is 2.19. The second-order valence-electron chi connectivity index (χ2n) is 3.62. The van der Waals surface area contributed by atoms with Crippen LogP contribution in [-0.2, 0) is 0 Å². The SMILES string of the molecule is CC(C)(COc1ccccc1Br)N=O. The predicted molar refractivity (Wildman–Crippen MR) is 59.5 cm³/mol. The summed E-state index contributed by atoms with van der Waals surface area (Å²) in [5.41, 5.74) is -0.685. The van der Waals surface area contributed by atoms with Crippen molar-refractivity contribution >= 4 is 15.9 Å². The molecular weight excluding hydrogens is 246 g/mol. The Morgan fingerprint density at radius 1 is 1.43 bits per heavy atom. The van der Waals surface area contributed by atoms with E-state index < -0.39 is 5.54 Å². The minimum atomic E-state index is -0.685. The molecule has 0 unspecified atom stereocenters. The Morgan fingerprint density at radius 3 is 2.64 bits per heavy atom. The molecule has 1 aromatic rings. The van der Waals surface area contributed by atoms with Gasteiger partial charge in [0.05, 0.1) is 4.47 Å². The fourth-order valence-corrected chi connectivity index (χ4v) is 1.24.